The number of allylic oxidation sites excluding steroid dienone is 2. The third kappa shape index (κ3) is 3.49. The van der Waals surface area contributed by atoms with Crippen molar-refractivity contribution in [1.29, 1.82) is 10.5 Å². The van der Waals surface area contributed by atoms with Gasteiger partial charge in [-0.3, -0.25) is 0 Å². The lowest BCUT2D eigenvalue weighted by Crippen LogP contribution is -1.97. The molecule has 1 aromatic carbocycles. The average molecular weight is 265 g/mol. The number of rotatable bonds is 2. The van der Waals surface area contributed by atoms with E-state index in [2.05, 4.69) is 4.99 Å². The largest absolute Gasteiger partial charge is 0.388 e. The van der Waals surface area contributed by atoms with Crippen LogP contribution in [0.4, 0.5) is 0 Å². The number of hydrogen-bond acceptors (Lipinski definition) is 4. The van der Waals surface area contributed by atoms with Crippen molar-refractivity contribution in [2.75, 3.05) is 0 Å². The Morgan fingerprint density at radius 3 is 2.47 bits per heavy atom. The van der Waals surface area contributed by atoms with Gasteiger partial charge in [0.1, 0.15) is 17.8 Å². The topological polar surface area (TPSA) is 86.0 Å². The first kappa shape index (κ1) is 13.1. The molecule has 0 radical (unpaired) electrons. The summed E-state index contributed by atoms with van der Waals surface area (Å²) < 4.78 is 0. The van der Waals surface area contributed by atoms with Gasteiger partial charge in [-0.2, -0.15) is 10.5 Å². The summed E-state index contributed by atoms with van der Waals surface area (Å²) in [5, 5.41) is 18.0. The number of hydrogen-bond donors (Lipinski definition) is 1. The van der Waals surface area contributed by atoms with Crippen LogP contribution in [-0.2, 0) is 0 Å². The van der Waals surface area contributed by atoms with E-state index >= 15 is 0 Å². The van der Waals surface area contributed by atoms with Gasteiger partial charge in [0.05, 0.1) is 10.0 Å². The standard InChI is InChI=1S/C11H6Cl2N4/c12-8-2-1-7(3-9(8)13)6-17-11(5-15)10(16)4-14/h1-3,6H,16H2/b11-10-,17-6?. The summed E-state index contributed by atoms with van der Waals surface area (Å²) in [6.45, 7) is 0. The smallest absolute Gasteiger partial charge is 0.174 e. The molecule has 0 bridgehead atoms. The highest BCUT2D eigenvalue weighted by Gasteiger charge is 2.00. The molecule has 0 fully saturated rings. The van der Waals surface area contributed by atoms with E-state index in [0.29, 0.717) is 15.6 Å². The molecule has 1 rings (SSSR count). The van der Waals surface area contributed by atoms with Crippen LogP contribution >= 0.6 is 23.2 Å². The van der Waals surface area contributed by atoms with Crippen LogP contribution in [0.1, 0.15) is 5.56 Å². The monoisotopic (exact) mass is 264 g/mol. The summed E-state index contributed by atoms with van der Waals surface area (Å²) >= 11 is 11.5. The van der Waals surface area contributed by atoms with Gasteiger partial charge in [-0.25, -0.2) is 4.99 Å². The van der Waals surface area contributed by atoms with Crippen LogP contribution in [0.5, 0.6) is 0 Å². The Hall–Kier alpha value is -2.01. The lowest BCUT2D eigenvalue weighted by molar-refractivity contribution is 1.27. The van der Waals surface area contributed by atoms with E-state index in [1.165, 1.54) is 6.21 Å². The molecule has 0 aromatic heterocycles. The van der Waals surface area contributed by atoms with Gasteiger partial charge in [-0.05, 0) is 17.7 Å². The average Bonchev–Trinajstić information content (AvgIpc) is 2.33. The van der Waals surface area contributed by atoms with E-state index in [4.69, 9.17) is 39.5 Å². The van der Waals surface area contributed by atoms with E-state index < -0.39 is 0 Å². The second-order valence-corrected chi connectivity index (χ2v) is 3.73. The summed E-state index contributed by atoms with van der Waals surface area (Å²) in [6.07, 6.45) is 1.38. The van der Waals surface area contributed by atoms with Gasteiger partial charge in [-0.15, -0.1) is 0 Å². The van der Waals surface area contributed by atoms with Crippen LogP contribution in [0.2, 0.25) is 10.0 Å². The van der Waals surface area contributed by atoms with E-state index in [1.807, 2.05) is 0 Å². The molecule has 0 unspecified atom stereocenters. The summed E-state index contributed by atoms with van der Waals surface area (Å²) in [5.41, 5.74) is 5.56. The minimum Gasteiger partial charge on any atom is -0.388 e. The Morgan fingerprint density at radius 2 is 1.94 bits per heavy atom. The van der Waals surface area contributed by atoms with Crippen molar-refractivity contribution in [3.05, 3.63) is 45.2 Å². The van der Waals surface area contributed by atoms with Gasteiger partial charge in [-0.1, -0.05) is 29.3 Å². The Bertz CT molecular complexity index is 576. The molecular formula is C11H6Cl2N4. The fourth-order valence-corrected chi connectivity index (χ4v) is 1.25. The Labute approximate surface area is 108 Å². The fraction of sp³-hybridized carbons (Fsp3) is 0. The Kier molecular flexibility index (Phi) is 4.54. The van der Waals surface area contributed by atoms with E-state index in [-0.39, 0.29) is 11.4 Å². The molecule has 0 spiro atoms. The van der Waals surface area contributed by atoms with Crippen LogP contribution in [0.15, 0.2) is 34.6 Å². The number of halogens is 2. The number of nitrogens with zero attached hydrogens (tertiary/aromatic N) is 3. The summed E-state index contributed by atoms with van der Waals surface area (Å²) in [4.78, 5) is 3.80. The molecule has 0 saturated heterocycles. The van der Waals surface area contributed by atoms with Gasteiger partial charge in [0.25, 0.3) is 0 Å². The number of nitrogens with two attached hydrogens (primary N) is 1. The lowest BCUT2D eigenvalue weighted by Gasteiger charge is -1.97. The quantitative estimate of drug-likeness (QED) is 0.658. The molecular weight excluding hydrogens is 259 g/mol. The van der Waals surface area contributed by atoms with Crippen LogP contribution < -0.4 is 5.73 Å². The first-order valence-electron chi connectivity index (χ1n) is 4.37. The van der Waals surface area contributed by atoms with Crippen molar-refractivity contribution in [2.45, 2.75) is 0 Å². The SMILES string of the molecule is N#C/C(N)=C(\C#N)N=Cc1ccc(Cl)c(Cl)c1. The number of nitriles is 2. The van der Waals surface area contributed by atoms with Crippen molar-refractivity contribution in [3.8, 4) is 12.1 Å². The highest BCUT2D eigenvalue weighted by molar-refractivity contribution is 6.42. The van der Waals surface area contributed by atoms with Crippen molar-refractivity contribution in [2.24, 2.45) is 10.7 Å². The number of benzene rings is 1. The van der Waals surface area contributed by atoms with Crippen molar-refractivity contribution in [1.82, 2.24) is 0 Å². The Balaban J connectivity index is 3.04. The maximum atomic E-state index is 8.70. The van der Waals surface area contributed by atoms with E-state index in [9.17, 15) is 0 Å². The molecule has 0 atom stereocenters. The van der Waals surface area contributed by atoms with Crippen LogP contribution in [0.3, 0.4) is 0 Å². The highest BCUT2D eigenvalue weighted by atomic mass is 35.5. The summed E-state index contributed by atoms with van der Waals surface area (Å²) in [6, 6.07) is 8.24. The molecule has 17 heavy (non-hydrogen) atoms. The minimum absolute atomic E-state index is 0.140. The molecule has 0 aliphatic carbocycles. The van der Waals surface area contributed by atoms with Gasteiger partial charge in [0.15, 0.2) is 5.70 Å². The molecule has 0 aliphatic heterocycles. The molecule has 6 heteroatoms. The van der Waals surface area contributed by atoms with Gasteiger partial charge >= 0.3 is 0 Å². The second-order valence-electron chi connectivity index (χ2n) is 2.92. The zero-order valence-electron chi connectivity index (χ0n) is 8.48. The Morgan fingerprint density at radius 1 is 1.24 bits per heavy atom. The van der Waals surface area contributed by atoms with E-state index in [0.717, 1.165) is 0 Å². The molecule has 0 amide bonds. The van der Waals surface area contributed by atoms with Crippen molar-refractivity contribution >= 4 is 29.4 Å². The van der Waals surface area contributed by atoms with Crippen molar-refractivity contribution < 1.29 is 0 Å². The first-order valence-corrected chi connectivity index (χ1v) is 5.13. The van der Waals surface area contributed by atoms with Crippen LogP contribution in [0, 0.1) is 22.7 Å². The maximum Gasteiger partial charge on any atom is 0.174 e. The van der Waals surface area contributed by atoms with E-state index in [1.54, 1.807) is 30.3 Å². The second kappa shape index (κ2) is 5.91. The molecule has 0 saturated carbocycles. The molecule has 0 heterocycles. The zero-order chi connectivity index (χ0) is 12.8. The van der Waals surface area contributed by atoms with Crippen LogP contribution in [0.25, 0.3) is 0 Å². The fourth-order valence-electron chi connectivity index (χ4n) is 0.943. The maximum absolute atomic E-state index is 8.70. The van der Waals surface area contributed by atoms with Crippen molar-refractivity contribution in [3.63, 3.8) is 0 Å². The highest BCUT2D eigenvalue weighted by Crippen LogP contribution is 2.21. The summed E-state index contributed by atoms with van der Waals surface area (Å²) in [7, 11) is 0. The van der Waals surface area contributed by atoms with Gasteiger partial charge in [0.2, 0.25) is 0 Å². The first-order chi connectivity index (χ1) is 8.08. The molecule has 2 N–H and O–H groups in total. The summed E-state index contributed by atoms with van der Waals surface area (Å²) in [5.74, 6) is 0. The zero-order valence-corrected chi connectivity index (χ0v) is 10.00. The lowest BCUT2D eigenvalue weighted by atomic mass is 10.2. The van der Waals surface area contributed by atoms with Gasteiger partial charge in [0, 0.05) is 6.21 Å². The molecule has 1 aromatic rings. The third-order valence-corrected chi connectivity index (χ3v) is 2.51. The predicted molar refractivity (Wildman–Crippen MR) is 66.5 cm³/mol. The predicted octanol–water partition coefficient (Wildman–Crippen LogP) is 2.63. The number of aliphatic imine (C=N–C) groups is 1. The molecule has 0 aliphatic rings. The molecule has 84 valence electrons. The molecule has 4 nitrogen and oxygen atoms in total. The van der Waals surface area contributed by atoms with Gasteiger partial charge < -0.3 is 5.73 Å². The normalized spacial score (nSPS) is 11.8. The third-order valence-electron chi connectivity index (χ3n) is 1.77. The minimum atomic E-state index is -0.233. The van der Waals surface area contributed by atoms with Crippen LogP contribution in [-0.4, -0.2) is 6.21 Å².